The van der Waals surface area contributed by atoms with Crippen LogP contribution in [0.1, 0.15) is 47.1 Å². The van der Waals surface area contributed by atoms with Crippen LogP contribution in [-0.2, 0) is 14.9 Å². The zero-order valence-electron chi connectivity index (χ0n) is 21.5. The zero-order chi connectivity index (χ0) is 26.7. The summed E-state index contributed by atoms with van der Waals surface area (Å²) in [7, 11) is -1.94. The minimum absolute atomic E-state index is 0.208. The number of hydrogen-bond acceptors (Lipinski definition) is 9. The number of hydroxylamine groups is 1. The summed E-state index contributed by atoms with van der Waals surface area (Å²) in [6.45, 7) is 7.67. The Morgan fingerprint density at radius 2 is 1.76 bits per heavy atom. The number of nitrogens with one attached hydrogen (secondary N) is 3. The molecule has 12 heteroatoms. The molecule has 0 radical (unpaired) electrons. The van der Waals surface area contributed by atoms with Crippen molar-refractivity contribution >= 4 is 44.8 Å². The van der Waals surface area contributed by atoms with Crippen LogP contribution < -0.4 is 20.4 Å². The first-order valence-corrected chi connectivity index (χ1v) is 13.5. The summed E-state index contributed by atoms with van der Waals surface area (Å²) in [5.41, 5.74) is 6.47. The molecule has 37 heavy (non-hydrogen) atoms. The van der Waals surface area contributed by atoms with Crippen molar-refractivity contribution in [2.24, 2.45) is 0 Å². The molecule has 4 rings (SSSR count). The van der Waals surface area contributed by atoms with Gasteiger partial charge in [0.25, 0.3) is 5.91 Å². The maximum atomic E-state index is 13.0. The molecule has 0 unspecified atom stereocenters. The van der Waals surface area contributed by atoms with E-state index in [0.717, 1.165) is 17.0 Å². The van der Waals surface area contributed by atoms with E-state index in [1.165, 1.54) is 10.5 Å². The summed E-state index contributed by atoms with van der Waals surface area (Å²) in [5, 5.41) is 5.95. The Morgan fingerprint density at radius 1 is 1.05 bits per heavy atom. The standard InChI is InChI=1S/C25H31N7O4S/c1-6-36-31-24(33)19-14-26-23(30-25-27-16(3)12-17(4)28-25)13-21(19)29-20-10-7-15(2)11-22(20)32(5)37(34,35)18-8-9-18/h7,10-14,18H,6,8-9H2,1-5H3,(H,31,33)(H2,26,27,28,29,30). The zero-order valence-corrected chi connectivity index (χ0v) is 22.3. The Labute approximate surface area is 216 Å². The second-order valence-electron chi connectivity index (χ2n) is 8.94. The van der Waals surface area contributed by atoms with Gasteiger partial charge in [-0.25, -0.2) is 28.8 Å². The summed E-state index contributed by atoms with van der Waals surface area (Å²) >= 11 is 0. The van der Waals surface area contributed by atoms with Crippen molar-refractivity contribution in [3.63, 3.8) is 0 Å². The Kier molecular flexibility index (Phi) is 7.60. The largest absolute Gasteiger partial charge is 0.353 e. The molecule has 1 aliphatic rings. The maximum Gasteiger partial charge on any atom is 0.278 e. The van der Waals surface area contributed by atoms with Gasteiger partial charge in [0.1, 0.15) is 5.82 Å². The van der Waals surface area contributed by atoms with Crippen LogP contribution in [0.2, 0.25) is 0 Å². The van der Waals surface area contributed by atoms with Crippen LogP contribution in [0.5, 0.6) is 0 Å². The molecule has 0 saturated heterocycles. The van der Waals surface area contributed by atoms with Crippen LogP contribution in [0, 0.1) is 20.8 Å². The second-order valence-corrected chi connectivity index (χ2v) is 11.2. The molecule has 2 heterocycles. The first-order valence-electron chi connectivity index (χ1n) is 12.0. The highest BCUT2D eigenvalue weighted by atomic mass is 32.2. The normalized spacial score (nSPS) is 13.2. The molecule has 0 atom stereocenters. The molecule has 0 spiro atoms. The van der Waals surface area contributed by atoms with Gasteiger partial charge in [0.15, 0.2) is 0 Å². The van der Waals surface area contributed by atoms with Crippen LogP contribution in [0.4, 0.5) is 28.8 Å². The van der Waals surface area contributed by atoms with Gasteiger partial charge in [0.05, 0.1) is 34.5 Å². The van der Waals surface area contributed by atoms with Gasteiger partial charge >= 0.3 is 0 Å². The summed E-state index contributed by atoms with van der Waals surface area (Å²) < 4.78 is 27.3. The fourth-order valence-electron chi connectivity index (χ4n) is 3.78. The highest BCUT2D eigenvalue weighted by Gasteiger charge is 2.39. The third-order valence-electron chi connectivity index (χ3n) is 5.77. The van der Waals surface area contributed by atoms with E-state index in [0.29, 0.717) is 41.7 Å². The van der Waals surface area contributed by atoms with E-state index in [-0.39, 0.29) is 17.4 Å². The lowest BCUT2D eigenvalue weighted by molar-refractivity contribution is 0.0365. The lowest BCUT2D eigenvalue weighted by atomic mass is 10.1. The van der Waals surface area contributed by atoms with E-state index in [2.05, 4.69) is 31.1 Å². The van der Waals surface area contributed by atoms with E-state index < -0.39 is 15.9 Å². The van der Waals surface area contributed by atoms with E-state index in [1.54, 1.807) is 32.2 Å². The lowest BCUT2D eigenvalue weighted by Gasteiger charge is -2.24. The summed E-state index contributed by atoms with van der Waals surface area (Å²) in [5.74, 6) is 0.264. The second kappa shape index (κ2) is 10.7. The number of carbonyl (C=O) groups is 1. The van der Waals surface area contributed by atoms with Crippen molar-refractivity contribution in [1.29, 1.82) is 0 Å². The van der Waals surface area contributed by atoms with Gasteiger partial charge in [0, 0.05) is 30.7 Å². The SMILES string of the molecule is CCONC(=O)c1cnc(Nc2nc(C)cc(C)n2)cc1Nc1ccc(C)cc1N(C)S(=O)(=O)C1CC1. The van der Waals surface area contributed by atoms with Crippen molar-refractivity contribution in [2.45, 2.75) is 45.8 Å². The monoisotopic (exact) mass is 525 g/mol. The van der Waals surface area contributed by atoms with Gasteiger partial charge in [-0.2, -0.15) is 0 Å². The van der Waals surface area contributed by atoms with Gasteiger partial charge in [-0.3, -0.25) is 13.9 Å². The predicted octanol–water partition coefficient (Wildman–Crippen LogP) is 3.89. The molecule has 1 aromatic carbocycles. The van der Waals surface area contributed by atoms with Crippen molar-refractivity contribution in [1.82, 2.24) is 20.4 Å². The number of aryl methyl sites for hydroxylation is 3. The fourth-order valence-corrected chi connectivity index (χ4v) is 5.38. The molecule has 1 amide bonds. The molecule has 0 bridgehead atoms. The van der Waals surface area contributed by atoms with Crippen molar-refractivity contribution < 1.29 is 18.0 Å². The summed E-state index contributed by atoms with van der Waals surface area (Å²) in [6, 6.07) is 8.95. The van der Waals surface area contributed by atoms with E-state index in [1.807, 2.05) is 32.9 Å². The first kappa shape index (κ1) is 26.3. The molecule has 196 valence electrons. The van der Waals surface area contributed by atoms with Gasteiger partial charge in [0.2, 0.25) is 16.0 Å². The summed E-state index contributed by atoms with van der Waals surface area (Å²) in [6.07, 6.45) is 2.71. The van der Waals surface area contributed by atoms with Gasteiger partial charge < -0.3 is 10.6 Å². The third kappa shape index (κ3) is 6.15. The number of sulfonamides is 1. The van der Waals surface area contributed by atoms with Crippen LogP contribution in [0.3, 0.4) is 0 Å². The molecule has 0 aliphatic heterocycles. The smallest absolute Gasteiger partial charge is 0.278 e. The predicted molar refractivity (Wildman–Crippen MR) is 143 cm³/mol. The average Bonchev–Trinajstić information content (AvgIpc) is 3.69. The minimum Gasteiger partial charge on any atom is -0.353 e. The maximum absolute atomic E-state index is 13.0. The van der Waals surface area contributed by atoms with E-state index in [4.69, 9.17) is 4.84 Å². The molecule has 3 N–H and O–H groups in total. The van der Waals surface area contributed by atoms with Gasteiger partial charge in [-0.05, 0) is 64.3 Å². The molecular weight excluding hydrogens is 494 g/mol. The molecule has 3 aromatic rings. The van der Waals surface area contributed by atoms with Crippen molar-refractivity contribution in [3.8, 4) is 0 Å². The Morgan fingerprint density at radius 3 is 2.41 bits per heavy atom. The number of nitrogens with zero attached hydrogens (tertiary/aromatic N) is 4. The fraction of sp³-hybridized carbons (Fsp3) is 0.360. The Hall–Kier alpha value is -3.77. The first-order chi connectivity index (χ1) is 17.6. The van der Waals surface area contributed by atoms with Crippen molar-refractivity contribution in [2.75, 3.05) is 28.6 Å². The number of hydrogen-bond donors (Lipinski definition) is 3. The van der Waals surface area contributed by atoms with Crippen LogP contribution >= 0.6 is 0 Å². The number of aromatic nitrogens is 3. The molecule has 2 aromatic heterocycles. The quantitative estimate of drug-likeness (QED) is 0.336. The van der Waals surface area contributed by atoms with E-state index >= 15 is 0 Å². The van der Waals surface area contributed by atoms with Crippen LogP contribution in [-0.4, -0.2) is 48.2 Å². The van der Waals surface area contributed by atoms with Gasteiger partial charge in [-0.15, -0.1) is 0 Å². The number of amides is 1. The number of anilines is 5. The minimum atomic E-state index is -3.49. The number of pyridine rings is 1. The summed E-state index contributed by atoms with van der Waals surface area (Å²) in [4.78, 5) is 31.0. The van der Waals surface area contributed by atoms with Crippen LogP contribution in [0.15, 0.2) is 36.5 Å². The Bertz CT molecular complexity index is 1400. The molecule has 1 aliphatic carbocycles. The molecule has 1 saturated carbocycles. The number of rotatable bonds is 10. The molecule has 1 fully saturated rings. The Balaban J connectivity index is 1.73. The number of carbonyl (C=O) groups excluding carboxylic acids is 1. The van der Waals surface area contributed by atoms with Gasteiger partial charge in [-0.1, -0.05) is 6.07 Å². The topological polar surface area (TPSA) is 138 Å². The third-order valence-corrected chi connectivity index (χ3v) is 8.04. The average molecular weight is 526 g/mol. The highest BCUT2D eigenvalue weighted by Crippen LogP contribution is 2.37. The molecular formula is C25H31N7O4S. The highest BCUT2D eigenvalue weighted by molar-refractivity contribution is 7.93. The number of benzene rings is 1. The van der Waals surface area contributed by atoms with Crippen LogP contribution in [0.25, 0.3) is 0 Å². The molecule has 11 nitrogen and oxygen atoms in total. The van der Waals surface area contributed by atoms with Crippen molar-refractivity contribution in [3.05, 3.63) is 59.0 Å². The van der Waals surface area contributed by atoms with E-state index in [9.17, 15) is 13.2 Å². The lowest BCUT2D eigenvalue weighted by Crippen LogP contribution is -2.30.